The Morgan fingerprint density at radius 1 is 1.04 bits per heavy atom. The van der Waals surface area contributed by atoms with Gasteiger partial charge in [-0.1, -0.05) is 54.7 Å². The van der Waals surface area contributed by atoms with Gasteiger partial charge in [-0.15, -0.1) is 0 Å². The maximum absolute atomic E-state index is 12.4. The molecule has 128 valence electrons. The highest BCUT2D eigenvalue weighted by Crippen LogP contribution is 2.29. The maximum Gasteiger partial charge on any atom is 0.241 e. The van der Waals surface area contributed by atoms with Crippen LogP contribution in [0.2, 0.25) is 10.0 Å². The minimum absolute atomic E-state index is 0.0177. The first-order chi connectivity index (χ1) is 11.4. The number of hydrogen-bond acceptors (Lipinski definition) is 2. The molecule has 0 saturated carbocycles. The number of amides is 1. The molecule has 0 saturated heterocycles. The number of rotatable bonds is 6. The highest BCUT2D eigenvalue weighted by atomic mass is 35.5. The molecular weight excluding hydrogens is 343 g/mol. The summed E-state index contributed by atoms with van der Waals surface area (Å²) in [5, 5.41) is 4.04. The number of hydrogen-bond donors (Lipinski definition) is 1. The van der Waals surface area contributed by atoms with E-state index in [4.69, 9.17) is 23.2 Å². The smallest absolute Gasteiger partial charge is 0.241 e. The highest BCUT2D eigenvalue weighted by molar-refractivity contribution is 6.42. The van der Waals surface area contributed by atoms with Gasteiger partial charge in [-0.05, 0) is 55.9 Å². The topological polar surface area (TPSA) is 32.3 Å². The summed E-state index contributed by atoms with van der Waals surface area (Å²) in [5.74, 6) is 0.0177. The van der Waals surface area contributed by atoms with Crippen LogP contribution in [-0.2, 0) is 4.79 Å². The van der Waals surface area contributed by atoms with E-state index in [1.165, 1.54) is 0 Å². The molecular formula is C19H22Cl2N2O. The molecule has 5 heteroatoms. The lowest BCUT2D eigenvalue weighted by molar-refractivity contribution is -0.120. The minimum atomic E-state index is -0.121. The first-order valence-corrected chi connectivity index (χ1v) is 8.70. The number of nitrogens with zero attached hydrogens (tertiary/aromatic N) is 1. The van der Waals surface area contributed by atoms with Crippen molar-refractivity contribution in [2.45, 2.75) is 25.8 Å². The molecule has 0 bridgehead atoms. The second-order valence-corrected chi connectivity index (χ2v) is 6.78. The standard InChI is InChI=1S/C19H22Cl2N2O/c1-4-5-18(23(2)3)19(24)22-15-9-6-13(7-10-15)14-8-11-16(20)17(21)12-14/h6-12,18H,4-5H2,1-3H3,(H,22,24). The molecule has 0 radical (unpaired) electrons. The van der Waals surface area contributed by atoms with Crippen LogP contribution in [0.1, 0.15) is 19.8 Å². The van der Waals surface area contributed by atoms with E-state index >= 15 is 0 Å². The summed E-state index contributed by atoms with van der Waals surface area (Å²) in [6, 6.07) is 13.1. The van der Waals surface area contributed by atoms with Gasteiger partial charge < -0.3 is 5.32 Å². The predicted molar refractivity (Wildman–Crippen MR) is 103 cm³/mol. The van der Waals surface area contributed by atoms with Gasteiger partial charge in [0, 0.05) is 5.69 Å². The van der Waals surface area contributed by atoms with Crippen molar-refractivity contribution in [3.8, 4) is 11.1 Å². The van der Waals surface area contributed by atoms with Crippen molar-refractivity contribution < 1.29 is 4.79 Å². The monoisotopic (exact) mass is 364 g/mol. The van der Waals surface area contributed by atoms with E-state index in [9.17, 15) is 4.79 Å². The molecule has 0 heterocycles. The fourth-order valence-electron chi connectivity index (χ4n) is 2.54. The Morgan fingerprint density at radius 3 is 2.21 bits per heavy atom. The Kier molecular flexibility index (Phi) is 6.67. The quantitative estimate of drug-likeness (QED) is 0.751. The van der Waals surface area contributed by atoms with Crippen LogP contribution >= 0.6 is 23.2 Å². The fourth-order valence-corrected chi connectivity index (χ4v) is 2.84. The lowest BCUT2D eigenvalue weighted by Crippen LogP contribution is -2.39. The van der Waals surface area contributed by atoms with Crippen LogP contribution in [0.15, 0.2) is 42.5 Å². The van der Waals surface area contributed by atoms with Crippen molar-refractivity contribution >= 4 is 34.8 Å². The zero-order valence-electron chi connectivity index (χ0n) is 14.1. The van der Waals surface area contributed by atoms with Crippen molar-refractivity contribution in [3.63, 3.8) is 0 Å². The molecule has 0 fully saturated rings. The van der Waals surface area contributed by atoms with E-state index < -0.39 is 0 Å². The number of likely N-dealkylation sites (N-methyl/N-ethyl adjacent to an activating group) is 1. The molecule has 2 aromatic carbocycles. The van der Waals surface area contributed by atoms with Crippen molar-refractivity contribution in [1.29, 1.82) is 0 Å². The van der Waals surface area contributed by atoms with Gasteiger partial charge >= 0.3 is 0 Å². The zero-order valence-corrected chi connectivity index (χ0v) is 15.7. The predicted octanol–water partition coefficient (Wildman–Crippen LogP) is 5.33. The average molecular weight is 365 g/mol. The van der Waals surface area contributed by atoms with E-state index in [0.29, 0.717) is 10.0 Å². The van der Waals surface area contributed by atoms with Gasteiger partial charge in [0.15, 0.2) is 0 Å². The van der Waals surface area contributed by atoms with Crippen LogP contribution in [0, 0.1) is 0 Å². The summed E-state index contributed by atoms with van der Waals surface area (Å²) >= 11 is 12.0. The molecule has 1 unspecified atom stereocenters. The van der Waals surface area contributed by atoms with Gasteiger partial charge in [0.05, 0.1) is 16.1 Å². The molecule has 0 aliphatic heterocycles. The molecule has 2 aromatic rings. The molecule has 1 N–H and O–H groups in total. The molecule has 1 atom stereocenters. The largest absolute Gasteiger partial charge is 0.325 e. The zero-order chi connectivity index (χ0) is 17.7. The Balaban J connectivity index is 2.11. The van der Waals surface area contributed by atoms with Crippen LogP contribution in [0.5, 0.6) is 0 Å². The molecule has 1 amide bonds. The average Bonchev–Trinajstić information content (AvgIpc) is 2.55. The number of halogens is 2. The molecule has 0 spiro atoms. The van der Waals surface area contributed by atoms with Gasteiger partial charge in [-0.2, -0.15) is 0 Å². The van der Waals surface area contributed by atoms with Crippen molar-refractivity contribution in [1.82, 2.24) is 4.90 Å². The molecule has 0 aliphatic rings. The molecule has 2 rings (SSSR count). The Bertz CT molecular complexity index is 699. The summed E-state index contributed by atoms with van der Waals surface area (Å²) < 4.78 is 0. The molecule has 24 heavy (non-hydrogen) atoms. The fraction of sp³-hybridized carbons (Fsp3) is 0.316. The first kappa shape index (κ1) is 18.8. The SMILES string of the molecule is CCCC(C(=O)Nc1ccc(-c2ccc(Cl)c(Cl)c2)cc1)N(C)C. The maximum atomic E-state index is 12.4. The second-order valence-electron chi connectivity index (χ2n) is 5.96. The van der Waals surface area contributed by atoms with E-state index in [2.05, 4.69) is 12.2 Å². The molecule has 0 aliphatic carbocycles. The molecule has 0 aromatic heterocycles. The second kappa shape index (κ2) is 8.52. The van der Waals surface area contributed by atoms with Gasteiger partial charge in [-0.3, -0.25) is 9.69 Å². The number of carbonyl (C=O) groups is 1. The number of nitrogens with one attached hydrogen (secondary N) is 1. The summed E-state index contributed by atoms with van der Waals surface area (Å²) in [6.45, 7) is 2.08. The van der Waals surface area contributed by atoms with E-state index in [-0.39, 0.29) is 11.9 Å². The lowest BCUT2D eigenvalue weighted by atomic mass is 10.1. The molecule has 3 nitrogen and oxygen atoms in total. The van der Waals surface area contributed by atoms with Crippen LogP contribution < -0.4 is 5.32 Å². The first-order valence-electron chi connectivity index (χ1n) is 7.95. The number of carbonyl (C=O) groups excluding carboxylic acids is 1. The Labute approximate surface area is 153 Å². The van der Waals surface area contributed by atoms with Gasteiger partial charge in [0.1, 0.15) is 0 Å². The lowest BCUT2D eigenvalue weighted by Gasteiger charge is -2.22. The Hall–Kier alpha value is -1.55. The number of anilines is 1. The Morgan fingerprint density at radius 2 is 1.67 bits per heavy atom. The summed E-state index contributed by atoms with van der Waals surface area (Å²) in [5.41, 5.74) is 2.79. The van der Waals surface area contributed by atoms with Gasteiger partial charge in [-0.25, -0.2) is 0 Å². The van der Waals surface area contributed by atoms with Crippen LogP contribution in [0.25, 0.3) is 11.1 Å². The summed E-state index contributed by atoms with van der Waals surface area (Å²) in [6.07, 6.45) is 1.80. The summed E-state index contributed by atoms with van der Waals surface area (Å²) in [4.78, 5) is 14.3. The third kappa shape index (κ3) is 4.73. The van der Waals surface area contributed by atoms with E-state index in [1.807, 2.05) is 55.4 Å². The highest BCUT2D eigenvalue weighted by Gasteiger charge is 2.19. The normalized spacial score (nSPS) is 12.2. The van der Waals surface area contributed by atoms with Gasteiger partial charge in [0.25, 0.3) is 0 Å². The minimum Gasteiger partial charge on any atom is -0.325 e. The third-order valence-electron chi connectivity index (χ3n) is 3.89. The van der Waals surface area contributed by atoms with Crippen molar-refractivity contribution in [2.75, 3.05) is 19.4 Å². The third-order valence-corrected chi connectivity index (χ3v) is 4.63. The van der Waals surface area contributed by atoms with Gasteiger partial charge in [0.2, 0.25) is 5.91 Å². The van der Waals surface area contributed by atoms with Crippen molar-refractivity contribution in [2.24, 2.45) is 0 Å². The van der Waals surface area contributed by atoms with Crippen LogP contribution in [0.4, 0.5) is 5.69 Å². The van der Waals surface area contributed by atoms with Crippen molar-refractivity contribution in [3.05, 3.63) is 52.5 Å². The van der Waals surface area contributed by atoms with Crippen LogP contribution in [0.3, 0.4) is 0 Å². The van der Waals surface area contributed by atoms with E-state index in [0.717, 1.165) is 29.7 Å². The van der Waals surface area contributed by atoms with E-state index in [1.54, 1.807) is 6.07 Å². The van der Waals surface area contributed by atoms with Crippen LogP contribution in [-0.4, -0.2) is 30.9 Å². The number of benzene rings is 2. The summed E-state index contributed by atoms with van der Waals surface area (Å²) in [7, 11) is 3.85.